The second kappa shape index (κ2) is 8.49. The number of aryl methyl sites for hydroxylation is 2. The Balaban J connectivity index is 1.84. The summed E-state index contributed by atoms with van der Waals surface area (Å²) in [5, 5.41) is 10.1. The zero-order valence-corrected chi connectivity index (χ0v) is 15.9. The highest BCUT2D eigenvalue weighted by molar-refractivity contribution is 5.70. The molecule has 0 spiro atoms. The van der Waals surface area contributed by atoms with Gasteiger partial charge in [-0.25, -0.2) is 0 Å². The number of phenols is 1. The average molecular weight is 364 g/mol. The summed E-state index contributed by atoms with van der Waals surface area (Å²) < 4.78 is 15.8. The Morgan fingerprint density at radius 1 is 0.704 bits per heavy atom. The van der Waals surface area contributed by atoms with Crippen LogP contribution in [0.5, 0.6) is 23.0 Å². The first-order chi connectivity index (χ1) is 13.2. The van der Waals surface area contributed by atoms with E-state index in [1.807, 2.05) is 30.3 Å². The molecular weight excluding hydrogens is 340 g/mol. The van der Waals surface area contributed by atoms with E-state index in [0.29, 0.717) is 5.75 Å². The van der Waals surface area contributed by atoms with E-state index in [0.717, 1.165) is 35.5 Å². The highest BCUT2D eigenvalue weighted by Gasteiger charge is 2.10. The molecule has 0 unspecified atom stereocenters. The molecular formula is C23H24O4. The molecule has 3 aromatic rings. The van der Waals surface area contributed by atoms with E-state index in [1.165, 1.54) is 11.1 Å². The average Bonchev–Trinajstić information content (AvgIpc) is 2.72. The minimum absolute atomic E-state index is 0.143. The molecule has 1 N–H and O–H groups in total. The lowest BCUT2D eigenvalue weighted by Gasteiger charge is -2.13. The van der Waals surface area contributed by atoms with Gasteiger partial charge in [-0.05, 0) is 59.4 Å². The zero-order chi connectivity index (χ0) is 19.2. The Morgan fingerprint density at radius 3 is 2.11 bits per heavy atom. The zero-order valence-electron chi connectivity index (χ0n) is 15.9. The molecule has 0 saturated carbocycles. The van der Waals surface area contributed by atoms with Gasteiger partial charge in [0.1, 0.15) is 0 Å². The summed E-state index contributed by atoms with van der Waals surface area (Å²) in [5.74, 6) is 2.09. The highest BCUT2D eigenvalue weighted by Crippen LogP contribution is 2.33. The van der Waals surface area contributed by atoms with Crippen molar-refractivity contribution in [1.82, 2.24) is 0 Å². The van der Waals surface area contributed by atoms with Crippen LogP contribution in [-0.4, -0.2) is 26.4 Å². The van der Waals surface area contributed by atoms with Gasteiger partial charge >= 0.3 is 0 Å². The van der Waals surface area contributed by atoms with Crippen molar-refractivity contribution in [2.75, 3.05) is 21.3 Å². The quantitative estimate of drug-likeness (QED) is 0.650. The Labute approximate surface area is 160 Å². The van der Waals surface area contributed by atoms with Crippen molar-refractivity contribution in [3.8, 4) is 34.1 Å². The van der Waals surface area contributed by atoms with Gasteiger partial charge in [-0.15, -0.1) is 0 Å². The standard InChI is InChI=1S/C23H24O4/c1-25-21-13-11-18(15-20(21)24)19-7-5-4-6-17(19)10-8-16-9-12-22(26-2)23(14-16)27-3/h4-7,9,11-15,24H,8,10H2,1-3H3. The molecule has 0 amide bonds. The van der Waals surface area contributed by atoms with E-state index in [2.05, 4.69) is 18.2 Å². The van der Waals surface area contributed by atoms with Gasteiger partial charge in [0.2, 0.25) is 0 Å². The Hall–Kier alpha value is -3.14. The van der Waals surface area contributed by atoms with Gasteiger partial charge in [-0.2, -0.15) is 0 Å². The maximum atomic E-state index is 10.1. The summed E-state index contributed by atoms with van der Waals surface area (Å²) >= 11 is 0. The highest BCUT2D eigenvalue weighted by atomic mass is 16.5. The predicted octanol–water partition coefficient (Wildman–Crippen LogP) is 4.87. The molecule has 0 fully saturated rings. The summed E-state index contributed by atoms with van der Waals surface area (Å²) in [6.45, 7) is 0. The van der Waals surface area contributed by atoms with Gasteiger partial charge < -0.3 is 19.3 Å². The number of aromatic hydroxyl groups is 1. The molecule has 4 nitrogen and oxygen atoms in total. The molecule has 4 heteroatoms. The SMILES string of the molecule is COc1ccc(-c2ccccc2CCc2ccc(OC)c(OC)c2)cc1O. The van der Waals surface area contributed by atoms with E-state index >= 15 is 0 Å². The third-order valence-corrected chi connectivity index (χ3v) is 4.64. The molecule has 0 saturated heterocycles. The molecule has 140 valence electrons. The lowest BCUT2D eigenvalue weighted by Crippen LogP contribution is -1.97. The normalized spacial score (nSPS) is 10.5. The van der Waals surface area contributed by atoms with Crippen molar-refractivity contribution in [3.05, 3.63) is 71.8 Å². The van der Waals surface area contributed by atoms with Crippen LogP contribution in [0.4, 0.5) is 0 Å². The Kier molecular flexibility index (Phi) is 5.87. The van der Waals surface area contributed by atoms with E-state index in [4.69, 9.17) is 14.2 Å². The number of ether oxygens (including phenoxy) is 3. The van der Waals surface area contributed by atoms with E-state index in [1.54, 1.807) is 33.5 Å². The monoisotopic (exact) mass is 364 g/mol. The summed E-state index contributed by atoms with van der Waals surface area (Å²) in [5.41, 5.74) is 4.48. The summed E-state index contributed by atoms with van der Waals surface area (Å²) in [6, 6.07) is 19.7. The van der Waals surface area contributed by atoms with E-state index < -0.39 is 0 Å². The van der Waals surface area contributed by atoms with Gasteiger partial charge in [-0.1, -0.05) is 36.4 Å². The van der Waals surface area contributed by atoms with E-state index in [9.17, 15) is 5.11 Å². The third kappa shape index (κ3) is 4.17. The van der Waals surface area contributed by atoms with Crippen LogP contribution in [0.15, 0.2) is 60.7 Å². The molecule has 0 aliphatic carbocycles. The van der Waals surface area contributed by atoms with Gasteiger partial charge in [-0.3, -0.25) is 0 Å². The molecule has 3 rings (SSSR count). The smallest absolute Gasteiger partial charge is 0.160 e. The molecule has 0 aliphatic rings. The first-order valence-electron chi connectivity index (χ1n) is 8.82. The molecule has 0 atom stereocenters. The fourth-order valence-corrected chi connectivity index (χ4v) is 3.19. The van der Waals surface area contributed by atoms with E-state index in [-0.39, 0.29) is 5.75 Å². The predicted molar refractivity (Wildman–Crippen MR) is 107 cm³/mol. The minimum Gasteiger partial charge on any atom is -0.504 e. The van der Waals surface area contributed by atoms with Crippen LogP contribution in [-0.2, 0) is 12.8 Å². The maximum absolute atomic E-state index is 10.1. The van der Waals surface area contributed by atoms with Crippen LogP contribution in [0.2, 0.25) is 0 Å². The van der Waals surface area contributed by atoms with Crippen molar-refractivity contribution >= 4 is 0 Å². The third-order valence-electron chi connectivity index (χ3n) is 4.64. The molecule has 0 heterocycles. The van der Waals surface area contributed by atoms with Gasteiger partial charge in [0.25, 0.3) is 0 Å². The van der Waals surface area contributed by atoms with Crippen molar-refractivity contribution in [2.45, 2.75) is 12.8 Å². The molecule has 0 aliphatic heterocycles. The Bertz CT molecular complexity index is 918. The van der Waals surface area contributed by atoms with Crippen molar-refractivity contribution < 1.29 is 19.3 Å². The molecule has 3 aromatic carbocycles. The lowest BCUT2D eigenvalue weighted by molar-refractivity contribution is 0.354. The van der Waals surface area contributed by atoms with Crippen molar-refractivity contribution in [2.24, 2.45) is 0 Å². The van der Waals surface area contributed by atoms with Crippen LogP contribution in [0, 0.1) is 0 Å². The first-order valence-corrected chi connectivity index (χ1v) is 8.82. The number of hydrogen-bond acceptors (Lipinski definition) is 4. The van der Waals surface area contributed by atoms with Gasteiger partial charge in [0.05, 0.1) is 21.3 Å². The number of hydrogen-bond donors (Lipinski definition) is 1. The number of methoxy groups -OCH3 is 3. The van der Waals surface area contributed by atoms with Crippen LogP contribution in [0.25, 0.3) is 11.1 Å². The van der Waals surface area contributed by atoms with Crippen molar-refractivity contribution in [3.63, 3.8) is 0 Å². The topological polar surface area (TPSA) is 47.9 Å². The molecule has 0 radical (unpaired) electrons. The summed E-state index contributed by atoms with van der Waals surface area (Å²) in [4.78, 5) is 0. The maximum Gasteiger partial charge on any atom is 0.160 e. The fraction of sp³-hybridized carbons (Fsp3) is 0.217. The summed E-state index contributed by atoms with van der Waals surface area (Å²) in [7, 11) is 4.83. The van der Waals surface area contributed by atoms with Crippen LogP contribution in [0.1, 0.15) is 11.1 Å². The number of benzene rings is 3. The van der Waals surface area contributed by atoms with Gasteiger partial charge in [0.15, 0.2) is 23.0 Å². The fourth-order valence-electron chi connectivity index (χ4n) is 3.19. The van der Waals surface area contributed by atoms with Crippen LogP contribution >= 0.6 is 0 Å². The van der Waals surface area contributed by atoms with Crippen molar-refractivity contribution in [1.29, 1.82) is 0 Å². The number of phenolic OH excluding ortho intramolecular Hbond substituents is 1. The second-order valence-corrected chi connectivity index (χ2v) is 6.23. The minimum atomic E-state index is 0.143. The first kappa shape index (κ1) is 18.6. The molecule has 0 aromatic heterocycles. The van der Waals surface area contributed by atoms with Gasteiger partial charge in [0, 0.05) is 0 Å². The lowest BCUT2D eigenvalue weighted by atomic mass is 9.95. The number of rotatable bonds is 7. The second-order valence-electron chi connectivity index (χ2n) is 6.23. The molecule has 27 heavy (non-hydrogen) atoms. The largest absolute Gasteiger partial charge is 0.504 e. The Morgan fingerprint density at radius 2 is 1.41 bits per heavy atom. The van der Waals surface area contributed by atoms with Crippen LogP contribution < -0.4 is 14.2 Å². The summed E-state index contributed by atoms with van der Waals surface area (Å²) in [6.07, 6.45) is 1.75. The molecule has 0 bridgehead atoms. The van der Waals surface area contributed by atoms with Crippen LogP contribution in [0.3, 0.4) is 0 Å².